The van der Waals surface area contributed by atoms with Gasteiger partial charge in [-0.1, -0.05) is 41.4 Å². The molecule has 0 aliphatic rings. The highest BCUT2D eigenvalue weighted by molar-refractivity contribution is 6.31. The van der Waals surface area contributed by atoms with E-state index in [-0.39, 0.29) is 0 Å². The van der Waals surface area contributed by atoms with E-state index < -0.39 is 12.0 Å². The Morgan fingerprint density at radius 2 is 1.80 bits per heavy atom. The Bertz CT molecular complexity index is 623. The fraction of sp³-hybridized carbons (Fsp3) is 0.188. The molecule has 1 unspecified atom stereocenters. The van der Waals surface area contributed by atoms with Gasteiger partial charge in [-0.05, 0) is 43.2 Å². The first-order valence-electron chi connectivity index (χ1n) is 6.29. The first-order chi connectivity index (χ1) is 9.47. The van der Waals surface area contributed by atoms with Crippen molar-refractivity contribution in [2.75, 3.05) is 5.32 Å². The number of hydrogen-bond donors (Lipinski definition) is 2. The van der Waals surface area contributed by atoms with E-state index in [2.05, 4.69) is 5.32 Å². The smallest absolute Gasteiger partial charge is 0.330 e. The molecule has 0 saturated heterocycles. The van der Waals surface area contributed by atoms with Crippen LogP contribution in [0.1, 0.15) is 22.7 Å². The topological polar surface area (TPSA) is 49.3 Å². The van der Waals surface area contributed by atoms with Crippen molar-refractivity contribution in [3.8, 4) is 0 Å². The number of carbonyl (C=O) groups is 1. The van der Waals surface area contributed by atoms with Crippen LogP contribution in [0.25, 0.3) is 0 Å². The summed E-state index contributed by atoms with van der Waals surface area (Å²) in [6.07, 6.45) is 0. The van der Waals surface area contributed by atoms with Crippen LogP contribution in [0.3, 0.4) is 0 Å². The fourth-order valence-corrected chi connectivity index (χ4v) is 2.08. The molecule has 0 aromatic heterocycles. The first kappa shape index (κ1) is 14.4. The summed E-state index contributed by atoms with van der Waals surface area (Å²) in [5.41, 5.74) is 3.45. The number of carboxylic acids is 1. The summed E-state index contributed by atoms with van der Waals surface area (Å²) >= 11 is 6.07. The highest BCUT2D eigenvalue weighted by atomic mass is 35.5. The third kappa shape index (κ3) is 3.31. The molecule has 2 N–H and O–H groups in total. The third-order valence-corrected chi connectivity index (χ3v) is 3.55. The molecular weight excluding hydrogens is 274 g/mol. The molecule has 2 aromatic rings. The van der Waals surface area contributed by atoms with Gasteiger partial charge in [-0.3, -0.25) is 0 Å². The lowest BCUT2D eigenvalue weighted by Gasteiger charge is -2.17. The minimum absolute atomic E-state index is 0.569. The maximum absolute atomic E-state index is 11.5. The molecule has 0 saturated carbocycles. The number of aryl methyl sites for hydroxylation is 2. The van der Waals surface area contributed by atoms with Crippen molar-refractivity contribution >= 4 is 23.3 Å². The zero-order valence-corrected chi connectivity index (χ0v) is 12.1. The Morgan fingerprint density at radius 3 is 2.35 bits per heavy atom. The van der Waals surface area contributed by atoms with Crippen LogP contribution >= 0.6 is 11.6 Å². The molecule has 0 radical (unpaired) electrons. The molecule has 2 aromatic carbocycles. The van der Waals surface area contributed by atoms with Crippen molar-refractivity contribution in [3.05, 3.63) is 64.2 Å². The van der Waals surface area contributed by atoms with Crippen LogP contribution in [0.2, 0.25) is 5.02 Å². The Kier molecular flexibility index (Phi) is 4.30. The van der Waals surface area contributed by atoms with Gasteiger partial charge in [0.1, 0.15) is 0 Å². The number of benzene rings is 2. The average molecular weight is 290 g/mol. The van der Waals surface area contributed by atoms with Crippen LogP contribution in [0.15, 0.2) is 42.5 Å². The van der Waals surface area contributed by atoms with Gasteiger partial charge >= 0.3 is 5.97 Å². The average Bonchev–Trinajstić information content (AvgIpc) is 2.41. The monoisotopic (exact) mass is 289 g/mol. The molecule has 20 heavy (non-hydrogen) atoms. The lowest BCUT2D eigenvalue weighted by atomic mass is 10.0. The van der Waals surface area contributed by atoms with E-state index >= 15 is 0 Å². The fourth-order valence-electron chi connectivity index (χ4n) is 1.89. The number of anilines is 1. The SMILES string of the molecule is Cc1ccc(NC(C(=O)O)c2ccc(C)c(Cl)c2)cc1. The molecular formula is C16H16ClNO2. The number of rotatable bonds is 4. The lowest BCUT2D eigenvalue weighted by Crippen LogP contribution is -2.20. The Morgan fingerprint density at radius 1 is 1.15 bits per heavy atom. The van der Waals surface area contributed by atoms with Crippen LogP contribution < -0.4 is 5.32 Å². The number of carboxylic acid groups (broad SMARTS) is 1. The van der Waals surface area contributed by atoms with E-state index in [1.165, 1.54) is 0 Å². The lowest BCUT2D eigenvalue weighted by molar-refractivity contribution is -0.138. The molecule has 0 aliphatic carbocycles. The van der Waals surface area contributed by atoms with E-state index in [0.29, 0.717) is 10.6 Å². The van der Waals surface area contributed by atoms with Crippen molar-refractivity contribution in [3.63, 3.8) is 0 Å². The largest absolute Gasteiger partial charge is 0.479 e. The van der Waals surface area contributed by atoms with Gasteiger partial charge in [0, 0.05) is 10.7 Å². The zero-order valence-electron chi connectivity index (χ0n) is 11.4. The molecule has 1 atom stereocenters. The van der Waals surface area contributed by atoms with E-state index in [4.69, 9.17) is 11.6 Å². The van der Waals surface area contributed by atoms with Crippen molar-refractivity contribution < 1.29 is 9.90 Å². The van der Waals surface area contributed by atoms with Gasteiger partial charge in [0.05, 0.1) is 0 Å². The van der Waals surface area contributed by atoms with Crippen molar-refractivity contribution in [1.29, 1.82) is 0 Å². The second-order valence-electron chi connectivity index (χ2n) is 4.79. The minimum Gasteiger partial charge on any atom is -0.479 e. The molecule has 0 bridgehead atoms. The minimum atomic E-state index is -0.939. The molecule has 0 amide bonds. The van der Waals surface area contributed by atoms with Gasteiger partial charge in [-0.2, -0.15) is 0 Å². The highest BCUT2D eigenvalue weighted by Gasteiger charge is 2.20. The van der Waals surface area contributed by atoms with Crippen molar-refractivity contribution in [1.82, 2.24) is 0 Å². The normalized spacial score (nSPS) is 11.9. The first-order valence-corrected chi connectivity index (χ1v) is 6.67. The molecule has 3 nitrogen and oxygen atoms in total. The molecule has 2 rings (SSSR count). The predicted octanol–water partition coefficient (Wildman–Crippen LogP) is 4.19. The summed E-state index contributed by atoms with van der Waals surface area (Å²) in [7, 11) is 0. The number of halogens is 1. The van der Waals surface area contributed by atoms with Crippen LogP contribution in [-0.4, -0.2) is 11.1 Å². The zero-order chi connectivity index (χ0) is 14.7. The Hall–Kier alpha value is -2.00. The summed E-state index contributed by atoms with van der Waals surface area (Å²) in [5, 5.41) is 13.0. The Labute approximate surface area is 123 Å². The quantitative estimate of drug-likeness (QED) is 0.887. The maximum Gasteiger partial charge on any atom is 0.330 e. The summed E-state index contributed by atoms with van der Waals surface area (Å²) in [4.78, 5) is 11.5. The van der Waals surface area contributed by atoms with Crippen molar-refractivity contribution in [2.45, 2.75) is 19.9 Å². The van der Waals surface area contributed by atoms with Crippen LogP contribution in [-0.2, 0) is 4.79 Å². The summed E-state index contributed by atoms with van der Waals surface area (Å²) < 4.78 is 0. The second kappa shape index (κ2) is 5.97. The van der Waals surface area contributed by atoms with E-state index in [1.54, 1.807) is 12.1 Å². The van der Waals surface area contributed by atoms with Crippen LogP contribution in [0.4, 0.5) is 5.69 Å². The Balaban J connectivity index is 2.29. The molecule has 0 fully saturated rings. The van der Waals surface area contributed by atoms with Crippen LogP contribution in [0.5, 0.6) is 0 Å². The number of hydrogen-bond acceptors (Lipinski definition) is 2. The predicted molar refractivity (Wildman–Crippen MR) is 81.4 cm³/mol. The number of aliphatic carboxylic acids is 1. The number of nitrogens with one attached hydrogen (secondary N) is 1. The molecule has 0 spiro atoms. The molecule has 0 aliphatic heterocycles. The second-order valence-corrected chi connectivity index (χ2v) is 5.20. The highest BCUT2D eigenvalue weighted by Crippen LogP contribution is 2.25. The standard InChI is InChI=1S/C16H16ClNO2/c1-10-3-7-13(8-4-10)18-15(16(19)20)12-6-5-11(2)14(17)9-12/h3-9,15,18H,1-2H3,(H,19,20). The van der Waals surface area contributed by atoms with E-state index in [9.17, 15) is 9.90 Å². The van der Waals surface area contributed by atoms with Gasteiger partial charge in [-0.15, -0.1) is 0 Å². The van der Waals surface area contributed by atoms with Gasteiger partial charge in [0.25, 0.3) is 0 Å². The van der Waals surface area contributed by atoms with E-state index in [1.807, 2.05) is 44.2 Å². The molecule has 0 heterocycles. The van der Waals surface area contributed by atoms with Gasteiger partial charge in [-0.25, -0.2) is 4.79 Å². The van der Waals surface area contributed by atoms with Gasteiger partial charge in [0.2, 0.25) is 0 Å². The maximum atomic E-state index is 11.5. The summed E-state index contributed by atoms with van der Waals surface area (Å²) in [6, 6.07) is 12.1. The third-order valence-electron chi connectivity index (χ3n) is 3.14. The van der Waals surface area contributed by atoms with Gasteiger partial charge in [0.15, 0.2) is 6.04 Å². The van der Waals surface area contributed by atoms with Gasteiger partial charge < -0.3 is 10.4 Å². The molecule has 104 valence electrons. The van der Waals surface area contributed by atoms with Crippen LogP contribution in [0, 0.1) is 13.8 Å². The summed E-state index contributed by atoms with van der Waals surface area (Å²) in [6.45, 7) is 3.87. The summed E-state index contributed by atoms with van der Waals surface area (Å²) in [5.74, 6) is -0.939. The van der Waals surface area contributed by atoms with Crippen molar-refractivity contribution in [2.24, 2.45) is 0 Å². The molecule has 4 heteroatoms. The van der Waals surface area contributed by atoms with E-state index in [0.717, 1.165) is 16.8 Å².